The van der Waals surface area contributed by atoms with Crippen LogP contribution >= 0.6 is 0 Å². The lowest BCUT2D eigenvalue weighted by molar-refractivity contribution is -0.141. The van der Waals surface area contributed by atoms with Gasteiger partial charge in [-0.2, -0.15) is 23.4 Å². The Morgan fingerprint density at radius 1 is 1.33 bits per heavy atom. The first-order chi connectivity index (χ1) is 9.81. The number of aryl methyl sites for hydroxylation is 2. The first kappa shape index (κ1) is 15.6. The van der Waals surface area contributed by atoms with Gasteiger partial charge in [0.05, 0.1) is 11.4 Å². The second kappa shape index (κ2) is 5.88. The van der Waals surface area contributed by atoms with Crippen molar-refractivity contribution in [3.8, 4) is 0 Å². The van der Waals surface area contributed by atoms with Crippen LogP contribution in [0.5, 0.6) is 0 Å². The zero-order valence-electron chi connectivity index (χ0n) is 12.1. The minimum atomic E-state index is -4.41. The normalized spacial score (nSPS) is 13.6. The molecule has 0 fully saturated rings. The van der Waals surface area contributed by atoms with Gasteiger partial charge in [-0.15, -0.1) is 0 Å². The summed E-state index contributed by atoms with van der Waals surface area (Å²) in [7, 11) is 1.82. The molecule has 1 atom stereocenters. The van der Waals surface area contributed by atoms with Crippen molar-refractivity contribution in [2.75, 3.05) is 0 Å². The molecule has 1 unspecified atom stereocenters. The van der Waals surface area contributed by atoms with Crippen molar-refractivity contribution in [2.45, 2.75) is 39.2 Å². The van der Waals surface area contributed by atoms with Crippen LogP contribution in [0, 0.1) is 0 Å². The summed E-state index contributed by atoms with van der Waals surface area (Å²) in [6, 6.07) is 2.90. The number of aromatic nitrogens is 4. The highest BCUT2D eigenvalue weighted by molar-refractivity contribution is 5.14. The lowest BCUT2D eigenvalue weighted by Crippen LogP contribution is -2.20. The van der Waals surface area contributed by atoms with Crippen molar-refractivity contribution in [1.82, 2.24) is 24.9 Å². The Bertz CT molecular complexity index is 599. The van der Waals surface area contributed by atoms with Crippen LogP contribution in [0.25, 0.3) is 0 Å². The van der Waals surface area contributed by atoms with Gasteiger partial charge < -0.3 is 5.32 Å². The van der Waals surface area contributed by atoms with Crippen LogP contribution in [-0.4, -0.2) is 19.6 Å². The average Bonchev–Trinajstić information content (AvgIpc) is 3.01. The van der Waals surface area contributed by atoms with Crippen LogP contribution in [-0.2, 0) is 26.3 Å². The zero-order chi connectivity index (χ0) is 15.6. The number of halogens is 3. The lowest BCUT2D eigenvalue weighted by atomic mass is 10.2. The SMILES string of the molecule is CCn1nc(C(F)(F)F)cc1CNC(C)c1ccn(C)n1. The van der Waals surface area contributed by atoms with Gasteiger partial charge in [0.2, 0.25) is 0 Å². The van der Waals surface area contributed by atoms with E-state index in [4.69, 9.17) is 0 Å². The van der Waals surface area contributed by atoms with E-state index in [9.17, 15) is 13.2 Å². The molecule has 0 radical (unpaired) electrons. The molecular weight excluding hydrogens is 283 g/mol. The van der Waals surface area contributed by atoms with Crippen molar-refractivity contribution >= 4 is 0 Å². The van der Waals surface area contributed by atoms with Crippen molar-refractivity contribution < 1.29 is 13.2 Å². The second-order valence-electron chi connectivity index (χ2n) is 4.85. The molecule has 2 rings (SSSR count). The minimum Gasteiger partial charge on any atom is -0.303 e. The number of nitrogens with one attached hydrogen (secondary N) is 1. The highest BCUT2D eigenvalue weighted by Crippen LogP contribution is 2.28. The number of hydrogen-bond donors (Lipinski definition) is 1. The minimum absolute atomic E-state index is 0.0549. The molecule has 0 aliphatic heterocycles. The molecule has 2 aromatic rings. The molecule has 0 aliphatic rings. The van der Waals surface area contributed by atoms with Crippen LogP contribution in [0.2, 0.25) is 0 Å². The van der Waals surface area contributed by atoms with E-state index < -0.39 is 11.9 Å². The quantitative estimate of drug-likeness (QED) is 0.923. The molecule has 0 aliphatic carbocycles. The summed E-state index contributed by atoms with van der Waals surface area (Å²) in [4.78, 5) is 0. The van der Waals surface area contributed by atoms with Crippen LogP contribution in [0.4, 0.5) is 13.2 Å². The average molecular weight is 301 g/mol. The van der Waals surface area contributed by atoms with Crippen LogP contribution < -0.4 is 5.32 Å². The third-order valence-corrected chi connectivity index (χ3v) is 3.22. The molecular formula is C13H18F3N5. The van der Waals surface area contributed by atoms with E-state index in [1.54, 1.807) is 11.6 Å². The van der Waals surface area contributed by atoms with Gasteiger partial charge in [0.15, 0.2) is 5.69 Å². The number of rotatable bonds is 5. The maximum absolute atomic E-state index is 12.7. The van der Waals surface area contributed by atoms with E-state index >= 15 is 0 Å². The molecule has 21 heavy (non-hydrogen) atoms. The topological polar surface area (TPSA) is 47.7 Å². The summed E-state index contributed by atoms with van der Waals surface area (Å²) in [6.45, 7) is 4.37. The van der Waals surface area contributed by atoms with E-state index in [2.05, 4.69) is 15.5 Å². The van der Waals surface area contributed by atoms with E-state index in [0.717, 1.165) is 11.8 Å². The van der Waals surface area contributed by atoms with E-state index in [-0.39, 0.29) is 6.04 Å². The largest absolute Gasteiger partial charge is 0.435 e. The molecule has 0 spiro atoms. The number of alkyl halides is 3. The maximum atomic E-state index is 12.7. The monoisotopic (exact) mass is 301 g/mol. The molecule has 116 valence electrons. The molecule has 0 saturated heterocycles. The highest BCUT2D eigenvalue weighted by Gasteiger charge is 2.34. The fraction of sp³-hybridized carbons (Fsp3) is 0.538. The van der Waals surface area contributed by atoms with Crippen LogP contribution in [0.15, 0.2) is 18.3 Å². The van der Waals surface area contributed by atoms with Gasteiger partial charge in [-0.25, -0.2) is 0 Å². The van der Waals surface area contributed by atoms with Gasteiger partial charge in [0.1, 0.15) is 0 Å². The second-order valence-corrected chi connectivity index (χ2v) is 4.85. The van der Waals surface area contributed by atoms with Crippen LogP contribution in [0.3, 0.4) is 0 Å². The van der Waals surface area contributed by atoms with E-state index in [1.165, 1.54) is 4.68 Å². The van der Waals surface area contributed by atoms with E-state index in [1.807, 2.05) is 26.2 Å². The van der Waals surface area contributed by atoms with Crippen molar-refractivity contribution in [1.29, 1.82) is 0 Å². The predicted octanol–water partition coefficient (Wildman–Crippen LogP) is 2.51. The first-order valence-corrected chi connectivity index (χ1v) is 6.68. The summed E-state index contributed by atoms with van der Waals surface area (Å²) in [5.41, 5.74) is 0.496. The Morgan fingerprint density at radius 3 is 2.57 bits per heavy atom. The van der Waals surface area contributed by atoms with Gasteiger partial charge in [0, 0.05) is 32.4 Å². The fourth-order valence-electron chi connectivity index (χ4n) is 2.04. The first-order valence-electron chi connectivity index (χ1n) is 6.68. The van der Waals surface area contributed by atoms with Gasteiger partial charge >= 0.3 is 6.18 Å². The summed E-state index contributed by atoms with van der Waals surface area (Å²) in [5.74, 6) is 0. The summed E-state index contributed by atoms with van der Waals surface area (Å²) < 4.78 is 41.1. The standard InChI is InChI=1S/C13H18F3N5/c1-4-21-10(7-12(19-21)13(14,15)16)8-17-9(2)11-5-6-20(3)18-11/h5-7,9,17H,4,8H2,1-3H3. The zero-order valence-corrected chi connectivity index (χ0v) is 12.1. The predicted molar refractivity (Wildman–Crippen MR) is 71.4 cm³/mol. The Hall–Kier alpha value is -1.83. The molecule has 0 aromatic carbocycles. The lowest BCUT2D eigenvalue weighted by Gasteiger charge is -2.12. The van der Waals surface area contributed by atoms with Crippen LogP contribution in [0.1, 0.15) is 37.0 Å². The smallest absolute Gasteiger partial charge is 0.303 e. The fourth-order valence-corrected chi connectivity index (χ4v) is 2.04. The summed E-state index contributed by atoms with van der Waals surface area (Å²) >= 11 is 0. The molecule has 0 amide bonds. The van der Waals surface area contributed by atoms with Gasteiger partial charge in [-0.1, -0.05) is 0 Å². The van der Waals surface area contributed by atoms with Gasteiger partial charge in [-0.3, -0.25) is 9.36 Å². The van der Waals surface area contributed by atoms with Crippen molar-refractivity contribution in [3.05, 3.63) is 35.4 Å². The van der Waals surface area contributed by atoms with E-state index in [0.29, 0.717) is 18.8 Å². The molecule has 8 heteroatoms. The Labute approximate surface area is 120 Å². The Morgan fingerprint density at radius 2 is 2.05 bits per heavy atom. The molecule has 1 N–H and O–H groups in total. The molecule has 0 bridgehead atoms. The van der Waals surface area contributed by atoms with Crippen molar-refractivity contribution in [2.24, 2.45) is 7.05 Å². The number of nitrogens with zero attached hydrogens (tertiary/aromatic N) is 4. The molecule has 2 heterocycles. The Kier molecular flexibility index (Phi) is 4.36. The van der Waals surface area contributed by atoms with Gasteiger partial charge in [0.25, 0.3) is 0 Å². The molecule has 0 saturated carbocycles. The third-order valence-electron chi connectivity index (χ3n) is 3.22. The maximum Gasteiger partial charge on any atom is 0.435 e. The summed E-state index contributed by atoms with van der Waals surface area (Å²) in [6.07, 6.45) is -2.59. The highest BCUT2D eigenvalue weighted by atomic mass is 19.4. The molecule has 5 nitrogen and oxygen atoms in total. The Balaban J connectivity index is 2.07. The molecule has 2 aromatic heterocycles. The van der Waals surface area contributed by atoms with Gasteiger partial charge in [-0.05, 0) is 26.0 Å². The third kappa shape index (κ3) is 3.63. The van der Waals surface area contributed by atoms with Crippen molar-refractivity contribution in [3.63, 3.8) is 0 Å². The summed E-state index contributed by atoms with van der Waals surface area (Å²) in [5, 5.41) is 11.0. The number of hydrogen-bond acceptors (Lipinski definition) is 3.